The third-order valence-electron chi connectivity index (χ3n) is 3.57. The van der Waals surface area contributed by atoms with Crippen LogP contribution in [-0.2, 0) is 20.0 Å². The van der Waals surface area contributed by atoms with Gasteiger partial charge in [-0.25, -0.2) is 26.1 Å². The SMILES string of the molecule is CCCCN(C)S(=O)(=O)c1ccc(S(=O)(=O)Nc2ccccn2)cc1. The van der Waals surface area contributed by atoms with Gasteiger partial charge in [0.25, 0.3) is 10.0 Å². The summed E-state index contributed by atoms with van der Waals surface area (Å²) in [5.74, 6) is 0.193. The Morgan fingerprint density at radius 1 is 1.00 bits per heavy atom. The first-order valence-corrected chi connectivity index (χ1v) is 10.7. The number of nitrogens with zero attached hydrogens (tertiary/aromatic N) is 2. The van der Waals surface area contributed by atoms with Gasteiger partial charge < -0.3 is 0 Å². The molecule has 2 rings (SSSR count). The summed E-state index contributed by atoms with van der Waals surface area (Å²) in [6.45, 7) is 2.40. The second-order valence-electron chi connectivity index (χ2n) is 5.47. The number of anilines is 1. The quantitative estimate of drug-likeness (QED) is 0.754. The molecule has 2 aromatic rings. The van der Waals surface area contributed by atoms with Crippen molar-refractivity contribution in [2.24, 2.45) is 0 Å². The van der Waals surface area contributed by atoms with Crippen LogP contribution in [0, 0.1) is 0 Å². The van der Waals surface area contributed by atoms with Gasteiger partial charge in [-0.1, -0.05) is 19.4 Å². The van der Waals surface area contributed by atoms with E-state index in [-0.39, 0.29) is 15.6 Å². The van der Waals surface area contributed by atoms with Gasteiger partial charge in [0.05, 0.1) is 9.79 Å². The molecule has 0 bridgehead atoms. The number of hydrogen-bond acceptors (Lipinski definition) is 5. The van der Waals surface area contributed by atoms with Crippen LogP contribution < -0.4 is 4.72 Å². The molecule has 0 spiro atoms. The van der Waals surface area contributed by atoms with E-state index >= 15 is 0 Å². The second kappa shape index (κ2) is 7.94. The van der Waals surface area contributed by atoms with Crippen LogP contribution >= 0.6 is 0 Å². The Hall–Kier alpha value is -1.97. The van der Waals surface area contributed by atoms with Crippen molar-refractivity contribution >= 4 is 25.9 Å². The highest BCUT2D eigenvalue weighted by molar-refractivity contribution is 7.92. The third kappa shape index (κ3) is 4.77. The molecule has 0 aliphatic rings. The van der Waals surface area contributed by atoms with Gasteiger partial charge in [0.15, 0.2) is 0 Å². The van der Waals surface area contributed by atoms with Gasteiger partial charge in [0.1, 0.15) is 5.82 Å². The molecule has 0 saturated carbocycles. The minimum Gasteiger partial charge on any atom is -0.263 e. The zero-order valence-electron chi connectivity index (χ0n) is 14.1. The van der Waals surface area contributed by atoms with Gasteiger partial charge in [-0.05, 0) is 42.8 Å². The van der Waals surface area contributed by atoms with E-state index in [2.05, 4.69) is 9.71 Å². The van der Waals surface area contributed by atoms with E-state index in [1.54, 1.807) is 12.1 Å². The molecule has 1 aromatic heterocycles. The van der Waals surface area contributed by atoms with Gasteiger partial charge in [-0.2, -0.15) is 0 Å². The highest BCUT2D eigenvalue weighted by atomic mass is 32.2. The van der Waals surface area contributed by atoms with E-state index in [0.29, 0.717) is 6.54 Å². The molecule has 0 aliphatic carbocycles. The predicted molar refractivity (Wildman–Crippen MR) is 96.2 cm³/mol. The van der Waals surface area contributed by atoms with Crippen LogP contribution in [0.1, 0.15) is 19.8 Å². The molecule has 1 N–H and O–H groups in total. The van der Waals surface area contributed by atoms with Crippen molar-refractivity contribution < 1.29 is 16.8 Å². The largest absolute Gasteiger partial charge is 0.263 e. The van der Waals surface area contributed by atoms with Gasteiger partial charge in [0.2, 0.25) is 10.0 Å². The normalized spacial score (nSPS) is 12.3. The fourth-order valence-electron chi connectivity index (χ4n) is 2.09. The summed E-state index contributed by atoms with van der Waals surface area (Å²) in [5.41, 5.74) is 0. The molecule has 0 unspecified atom stereocenters. The average molecular weight is 383 g/mol. The van der Waals surface area contributed by atoms with Gasteiger partial charge >= 0.3 is 0 Å². The van der Waals surface area contributed by atoms with E-state index in [1.807, 2.05) is 6.92 Å². The van der Waals surface area contributed by atoms with E-state index in [1.165, 1.54) is 47.9 Å². The minimum absolute atomic E-state index is 0.0340. The number of benzene rings is 1. The number of rotatable bonds is 8. The lowest BCUT2D eigenvalue weighted by molar-refractivity contribution is 0.459. The molecular weight excluding hydrogens is 362 g/mol. The van der Waals surface area contributed by atoms with E-state index in [4.69, 9.17) is 0 Å². The summed E-state index contributed by atoms with van der Waals surface area (Å²) >= 11 is 0. The summed E-state index contributed by atoms with van der Waals surface area (Å²) in [5, 5.41) is 0. The maximum Gasteiger partial charge on any atom is 0.263 e. The van der Waals surface area contributed by atoms with Crippen molar-refractivity contribution in [2.75, 3.05) is 18.3 Å². The maximum atomic E-state index is 12.4. The summed E-state index contributed by atoms with van der Waals surface area (Å²) in [4.78, 5) is 3.93. The molecule has 9 heteroatoms. The summed E-state index contributed by atoms with van der Waals surface area (Å²) in [6.07, 6.45) is 3.12. The maximum absolute atomic E-state index is 12.4. The average Bonchev–Trinajstić information content (AvgIpc) is 2.60. The van der Waals surface area contributed by atoms with Crippen molar-refractivity contribution in [3.8, 4) is 0 Å². The van der Waals surface area contributed by atoms with Crippen LogP contribution in [-0.4, -0.2) is 39.7 Å². The Morgan fingerprint density at radius 3 is 2.20 bits per heavy atom. The molecule has 136 valence electrons. The molecular formula is C16H21N3O4S2. The van der Waals surface area contributed by atoms with Crippen LogP contribution in [0.15, 0.2) is 58.5 Å². The smallest absolute Gasteiger partial charge is 0.263 e. The predicted octanol–water partition coefficient (Wildman–Crippen LogP) is 2.30. The van der Waals surface area contributed by atoms with Gasteiger partial charge in [-0.15, -0.1) is 0 Å². The molecule has 0 amide bonds. The molecule has 0 saturated heterocycles. The van der Waals surface area contributed by atoms with Crippen molar-refractivity contribution in [2.45, 2.75) is 29.6 Å². The number of pyridine rings is 1. The zero-order valence-corrected chi connectivity index (χ0v) is 15.7. The number of hydrogen-bond donors (Lipinski definition) is 1. The Kier molecular flexibility index (Phi) is 6.15. The molecule has 1 heterocycles. The molecule has 0 aliphatic heterocycles. The standard InChI is InChI=1S/C16H21N3O4S2/c1-3-4-13-19(2)25(22,23)15-10-8-14(9-11-15)24(20,21)18-16-7-5-6-12-17-16/h5-12H,3-4,13H2,1-2H3,(H,17,18). The molecule has 25 heavy (non-hydrogen) atoms. The van der Waals surface area contributed by atoms with Crippen molar-refractivity contribution in [1.29, 1.82) is 0 Å². The zero-order chi connectivity index (χ0) is 18.5. The third-order valence-corrected chi connectivity index (χ3v) is 6.81. The van der Waals surface area contributed by atoms with E-state index in [9.17, 15) is 16.8 Å². The van der Waals surface area contributed by atoms with Crippen LogP contribution in [0.5, 0.6) is 0 Å². The lowest BCUT2D eigenvalue weighted by atomic mass is 10.3. The number of unbranched alkanes of at least 4 members (excludes halogenated alkanes) is 1. The van der Waals surface area contributed by atoms with Gasteiger partial charge in [-0.3, -0.25) is 4.72 Å². The lowest BCUT2D eigenvalue weighted by Gasteiger charge is -2.17. The summed E-state index contributed by atoms with van der Waals surface area (Å²) in [6, 6.07) is 9.99. The van der Waals surface area contributed by atoms with Crippen LogP contribution in [0.4, 0.5) is 5.82 Å². The monoisotopic (exact) mass is 383 g/mol. The number of aromatic nitrogens is 1. The molecule has 0 fully saturated rings. The topological polar surface area (TPSA) is 96.4 Å². The lowest BCUT2D eigenvalue weighted by Crippen LogP contribution is -2.28. The van der Waals surface area contributed by atoms with Crippen molar-refractivity contribution in [3.05, 3.63) is 48.7 Å². The van der Waals surface area contributed by atoms with E-state index < -0.39 is 20.0 Å². The summed E-state index contributed by atoms with van der Waals surface area (Å²) in [7, 11) is -5.95. The minimum atomic E-state index is -3.83. The van der Waals surface area contributed by atoms with Crippen molar-refractivity contribution in [3.63, 3.8) is 0 Å². The fourth-order valence-corrected chi connectivity index (χ4v) is 4.31. The van der Waals surface area contributed by atoms with Crippen molar-refractivity contribution in [1.82, 2.24) is 9.29 Å². The van der Waals surface area contributed by atoms with Crippen LogP contribution in [0.25, 0.3) is 0 Å². The molecule has 0 atom stereocenters. The first-order chi connectivity index (χ1) is 11.8. The van der Waals surface area contributed by atoms with Crippen LogP contribution in [0.2, 0.25) is 0 Å². The second-order valence-corrected chi connectivity index (χ2v) is 9.20. The Balaban J connectivity index is 2.21. The van der Waals surface area contributed by atoms with Gasteiger partial charge in [0, 0.05) is 19.8 Å². The Labute approximate surface area is 148 Å². The Bertz CT molecular complexity index is 896. The molecule has 0 radical (unpaired) electrons. The summed E-state index contributed by atoms with van der Waals surface area (Å²) < 4.78 is 53.2. The van der Waals surface area contributed by atoms with E-state index in [0.717, 1.165) is 12.8 Å². The first kappa shape index (κ1) is 19.4. The first-order valence-electron chi connectivity index (χ1n) is 7.77. The highest BCUT2D eigenvalue weighted by Crippen LogP contribution is 2.19. The van der Waals surface area contributed by atoms with Crippen LogP contribution in [0.3, 0.4) is 0 Å². The number of sulfonamides is 2. The molecule has 1 aromatic carbocycles. The fraction of sp³-hybridized carbons (Fsp3) is 0.312. The Morgan fingerprint density at radius 2 is 1.64 bits per heavy atom. The number of nitrogens with one attached hydrogen (secondary N) is 1. The molecule has 7 nitrogen and oxygen atoms in total. The highest BCUT2D eigenvalue weighted by Gasteiger charge is 2.22.